The Morgan fingerprint density at radius 3 is 2.59 bits per heavy atom. The summed E-state index contributed by atoms with van der Waals surface area (Å²) in [6, 6.07) is 10.3. The van der Waals surface area contributed by atoms with Crippen LogP contribution in [-0.2, 0) is 4.74 Å². The minimum atomic E-state index is 0.709. The summed E-state index contributed by atoms with van der Waals surface area (Å²) in [6.07, 6.45) is 3.56. The van der Waals surface area contributed by atoms with Crippen molar-refractivity contribution >= 4 is 16.7 Å². The molecule has 4 aromatic heterocycles. The number of anilines is 1. The molecule has 0 aromatic carbocycles. The molecule has 7 nitrogen and oxygen atoms in total. The van der Waals surface area contributed by atoms with Crippen LogP contribution in [0.25, 0.3) is 33.4 Å². The third-order valence-electron chi connectivity index (χ3n) is 5.32. The molecule has 0 atom stereocenters. The van der Waals surface area contributed by atoms with E-state index in [0.29, 0.717) is 13.2 Å². The number of fused-ring (bicyclic) bond motifs is 1. The van der Waals surface area contributed by atoms with Crippen LogP contribution in [0.5, 0.6) is 0 Å². The Kier molecular flexibility index (Phi) is 4.44. The highest BCUT2D eigenvalue weighted by atomic mass is 16.5. The number of H-pyrrole nitrogens is 1. The average molecular weight is 386 g/mol. The van der Waals surface area contributed by atoms with Crippen LogP contribution < -0.4 is 4.90 Å². The topological polar surface area (TPSA) is 79.8 Å². The zero-order valence-electron chi connectivity index (χ0n) is 16.5. The molecule has 5 heterocycles. The number of aryl methyl sites for hydroxylation is 2. The van der Waals surface area contributed by atoms with Crippen molar-refractivity contribution in [3.8, 4) is 22.5 Å². The molecule has 0 radical (unpaired) electrons. The zero-order chi connectivity index (χ0) is 19.8. The number of hydrogen-bond acceptors (Lipinski definition) is 6. The molecule has 0 unspecified atom stereocenters. The Balaban J connectivity index is 1.79. The highest BCUT2D eigenvalue weighted by Crippen LogP contribution is 2.36. The van der Waals surface area contributed by atoms with E-state index in [1.54, 1.807) is 6.20 Å². The highest BCUT2D eigenvalue weighted by Gasteiger charge is 2.19. The molecule has 0 aliphatic carbocycles. The number of ether oxygens (including phenoxy) is 1. The van der Waals surface area contributed by atoms with E-state index in [1.165, 1.54) is 0 Å². The molecule has 1 fully saturated rings. The summed E-state index contributed by atoms with van der Waals surface area (Å²) in [5.74, 6) is 0.935. The standard InChI is InChI=1S/C22H22N6O/c1-14-3-4-16(15(2)25-14)18-13-20(28-9-11-29-12-10-28)26-21-17(18)5-7-23-22(21)19-6-8-24-27-19/h3-8,13H,9-12H2,1-2H3,(H,24,27). The molecule has 0 bridgehead atoms. The Hall–Kier alpha value is -3.32. The number of hydrogen-bond donors (Lipinski definition) is 1. The highest BCUT2D eigenvalue weighted by molar-refractivity contribution is 6.01. The largest absolute Gasteiger partial charge is 0.378 e. The first-order valence-corrected chi connectivity index (χ1v) is 9.77. The summed E-state index contributed by atoms with van der Waals surface area (Å²) in [6.45, 7) is 7.13. The van der Waals surface area contributed by atoms with Gasteiger partial charge < -0.3 is 9.64 Å². The first-order chi connectivity index (χ1) is 14.2. The molecule has 0 saturated carbocycles. The molecule has 5 rings (SSSR count). The lowest BCUT2D eigenvalue weighted by Crippen LogP contribution is -2.36. The molecule has 1 N–H and O–H groups in total. The van der Waals surface area contributed by atoms with Gasteiger partial charge in [0.1, 0.15) is 17.0 Å². The monoisotopic (exact) mass is 386 g/mol. The van der Waals surface area contributed by atoms with Crippen LogP contribution in [-0.4, -0.2) is 51.5 Å². The van der Waals surface area contributed by atoms with E-state index in [4.69, 9.17) is 9.72 Å². The van der Waals surface area contributed by atoms with Gasteiger partial charge in [-0.3, -0.25) is 15.1 Å². The van der Waals surface area contributed by atoms with Crippen molar-refractivity contribution in [1.82, 2.24) is 25.1 Å². The van der Waals surface area contributed by atoms with Gasteiger partial charge in [0.15, 0.2) is 0 Å². The SMILES string of the molecule is Cc1ccc(-c2cc(N3CCOCC3)nc3c(-c4ccn[nH]4)nccc23)c(C)n1. The zero-order valence-corrected chi connectivity index (χ0v) is 16.5. The number of nitrogens with zero attached hydrogens (tertiary/aromatic N) is 5. The quantitative estimate of drug-likeness (QED) is 0.580. The second-order valence-electron chi connectivity index (χ2n) is 7.24. The van der Waals surface area contributed by atoms with Gasteiger partial charge in [0, 0.05) is 47.8 Å². The minimum Gasteiger partial charge on any atom is -0.378 e. The fourth-order valence-corrected chi connectivity index (χ4v) is 3.87. The van der Waals surface area contributed by atoms with Gasteiger partial charge in [-0.05, 0) is 43.7 Å². The van der Waals surface area contributed by atoms with E-state index in [-0.39, 0.29) is 0 Å². The summed E-state index contributed by atoms with van der Waals surface area (Å²) in [5, 5.41) is 8.17. The first kappa shape index (κ1) is 17.8. The predicted molar refractivity (Wildman–Crippen MR) is 113 cm³/mol. The number of aromatic amines is 1. The van der Waals surface area contributed by atoms with Crippen LogP contribution >= 0.6 is 0 Å². The van der Waals surface area contributed by atoms with E-state index in [1.807, 2.05) is 25.3 Å². The van der Waals surface area contributed by atoms with Crippen molar-refractivity contribution in [3.63, 3.8) is 0 Å². The lowest BCUT2D eigenvalue weighted by molar-refractivity contribution is 0.122. The number of rotatable bonds is 3. The minimum absolute atomic E-state index is 0.709. The van der Waals surface area contributed by atoms with Crippen molar-refractivity contribution in [3.05, 3.63) is 54.1 Å². The van der Waals surface area contributed by atoms with Gasteiger partial charge in [-0.1, -0.05) is 6.07 Å². The Bertz CT molecular complexity index is 1170. The van der Waals surface area contributed by atoms with Crippen molar-refractivity contribution in [2.45, 2.75) is 13.8 Å². The normalized spacial score (nSPS) is 14.5. The van der Waals surface area contributed by atoms with E-state index >= 15 is 0 Å². The van der Waals surface area contributed by atoms with Gasteiger partial charge in [0.2, 0.25) is 0 Å². The second kappa shape index (κ2) is 7.25. The van der Waals surface area contributed by atoms with Crippen molar-refractivity contribution in [2.24, 2.45) is 0 Å². The van der Waals surface area contributed by atoms with Gasteiger partial charge >= 0.3 is 0 Å². The Labute approximate surface area is 168 Å². The van der Waals surface area contributed by atoms with Crippen LogP contribution in [0.4, 0.5) is 5.82 Å². The third-order valence-corrected chi connectivity index (χ3v) is 5.32. The van der Waals surface area contributed by atoms with Gasteiger partial charge in [-0.15, -0.1) is 0 Å². The van der Waals surface area contributed by atoms with Gasteiger partial charge in [-0.2, -0.15) is 5.10 Å². The smallest absolute Gasteiger partial charge is 0.130 e. The number of pyridine rings is 3. The molecule has 7 heteroatoms. The van der Waals surface area contributed by atoms with Crippen molar-refractivity contribution in [1.29, 1.82) is 0 Å². The van der Waals surface area contributed by atoms with Crippen LogP contribution in [0.2, 0.25) is 0 Å². The summed E-state index contributed by atoms with van der Waals surface area (Å²) in [4.78, 5) is 16.6. The summed E-state index contributed by atoms with van der Waals surface area (Å²) >= 11 is 0. The third kappa shape index (κ3) is 3.23. The summed E-state index contributed by atoms with van der Waals surface area (Å²) in [5.41, 5.74) is 6.75. The maximum Gasteiger partial charge on any atom is 0.130 e. The summed E-state index contributed by atoms with van der Waals surface area (Å²) in [7, 11) is 0. The van der Waals surface area contributed by atoms with Crippen LogP contribution in [0.15, 0.2) is 42.7 Å². The molecular weight excluding hydrogens is 364 g/mol. The molecule has 0 amide bonds. The summed E-state index contributed by atoms with van der Waals surface area (Å²) < 4.78 is 5.53. The number of nitrogens with one attached hydrogen (secondary N) is 1. The second-order valence-corrected chi connectivity index (χ2v) is 7.24. The molecule has 0 spiro atoms. The molecule has 1 saturated heterocycles. The molecule has 1 aliphatic rings. The Morgan fingerprint density at radius 1 is 0.966 bits per heavy atom. The van der Waals surface area contributed by atoms with Gasteiger partial charge in [-0.25, -0.2) is 4.98 Å². The van der Waals surface area contributed by atoms with E-state index in [2.05, 4.69) is 50.2 Å². The molecule has 146 valence electrons. The van der Waals surface area contributed by atoms with E-state index < -0.39 is 0 Å². The average Bonchev–Trinajstić information content (AvgIpc) is 3.28. The van der Waals surface area contributed by atoms with E-state index in [9.17, 15) is 0 Å². The molecular formula is C22H22N6O. The Morgan fingerprint density at radius 2 is 1.83 bits per heavy atom. The first-order valence-electron chi connectivity index (χ1n) is 9.77. The van der Waals surface area contributed by atoms with Crippen molar-refractivity contribution < 1.29 is 4.74 Å². The lowest BCUT2D eigenvalue weighted by atomic mass is 9.99. The fourth-order valence-electron chi connectivity index (χ4n) is 3.87. The maximum atomic E-state index is 5.53. The van der Waals surface area contributed by atoms with Gasteiger partial charge in [0.25, 0.3) is 0 Å². The van der Waals surface area contributed by atoms with Crippen LogP contribution in [0.3, 0.4) is 0 Å². The van der Waals surface area contributed by atoms with Gasteiger partial charge in [0.05, 0.1) is 18.9 Å². The predicted octanol–water partition coefficient (Wildman–Crippen LogP) is 3.54. The molecule has 4 aromatic rings. The molecule has 1 aliphatic heterocycles. The lowest BCUT2D eigenvalue weighted by Gasteiger charge is -2.28. The molecule has 29 heavy (non-hydrogen) atoms. The number of aromatic nitrogens is 5. The van der Waals surface area contributed by atoms with Crippen molar-refractivity contribution in [2.75, 3.05) is 31.2 Å². The fraction of sp³-hybridized carbons (Fsp3) is 0.273. The van der Waals surface area contributed by atoms with Crippen LogP contribution in [0, 0.1) is 13.8 Å². The number of morpholine rings is 1. The van der Waals surface area contributed by atoms with Crippen LogP contribution in [0.1, 0.15) is 11.4 Å². The maximum absolute atomic E-state index is 5.53. The van der Waals surface area contributed by atoms with E-state index in [0.717, 1.165) is 63.7 Å².